The van der Waals surface area contributed by atoms with Crippen molar-refractivity contribution >= 4 is 34.8 Å². The van der Waals surface area contributed by atoms with Gasteiger partial charge in [0.2, 0.25) is 23.2 Å². The SMILES string of the molecule is CN(C)CCNC1=CC(=O)c2nc(-c3c(Cl)ncc(F)c3Cl)oc2C1=O. The summed E-state index contributed by atoms with van der Waals surface area (Å²) in [7, 11) is 3.76. The van der Waals surface area contributed by atoms with Gasteiger partial charge in [0.1, 0.15) is 5.15 Å². The standard InChI is InChI=1S/C16H13Cl2FN4O3/c1-23(2)4-3-20-8-5-9(24)12-14(13(8)25)26-16(22-12)10-11(17)7(19)6-21-15(10)18/h5-6,20H,3-4H2,1-2H3. The van der Waals surface area contributed by atoms with E-state index >= 15 is 0 Å². The molecule has 0 radical (unpaired) electrons. The topological polar surface area (TPSA) is 88.3 Å². The van der Waals surface area contributed by atoms with Gasteiger partial charge in [-0.05, 0) is 14.1 Å². The Hall–Kier alpha value is -2.29. The zero-order valence-electron chi connectivity index (χ0n) is 13.8. The van der Waals surface area contributed by atoms with E-state index in [1.54, 1.807) is 0 Å². The molecule has 3 rings (SSSR count). The van der Waals surface area contributed by atoms with Gasteiger partial charge in [0.05, 0.1) is 22.5 Å². The predicted molar refractivity (Wildman–Crippen MR) is 93.0 cm³/mol. The first-order chi connectivity index (χ1) is 12.3. The van der Waals surface area contributed by atoms with Crippen LogP contribution in [0.2, 0.25) is 10.2 Å². The van der Waals surface area contributed by atoms with E-state index in [0.29, 0.717) is 13.1 Å². The third-order valence-corrected chi connectivity index (χ3v) is 4.26. The van der Waals surface area contributed by atoms with Crippen LogP contribution in [-0.4, -0.2) is 53.6 Å². The van der Waals surface area contributed by atoms with Crippen LogP contribution >= 0.6 is 23.2 Å². The number of fused-ring (bicyclic) bond motifs is 1. The Morgan fingerprint density at radius 3 is 2.73 bits per heavy atom. The summed E-state index contributed by atoms with van der Waals surface area (Å²) in [5.41, 5.74) is -0.202. The molecule has 0 fully saturated rings. The molecule has 0 aromatic carbocycles. The number of hydrogen-bond acceptors (Lipinski definition) is 7. The van der Waals surface area contributed by atoms with Gasteiger partial charge in [-0.25, -0.2) is 14.4 Å². The fourth-order valence-corrected chi connectivity index (χ4v) is 2.80. The number of oxazole rings is 1. The number of allylic oxidation sites excluding steroid dienone is 2. The summed E-state index contributed by atoms with van der Waals surface area (Å²) < 4.78 is 19.1. The van der Waals surface area contributed by atoms with Gasteiger partial charge in [0.25, 0.3) is 0 Å². The van der Waals surface area contributed by atoms with E-state index in [2.05, 4.69) is 15.3 Å². The molecule has 1 aliphatic carbocycles. The first-order valence-corrected chi connectivity index (χ1v) is 8.25. The van der Waals surface area contributed by atoms with Crippen LogP contribution in [0.3, 0.4) is 0 Å². The second-order valence-electron chi connectivity index (χ2n) is 5.76. The van der Waals surface area contributed by atoms with Gasteiger partial charge in [-0.3, -0.25) is 9.59 Å². The second kappa shape index (κ2) is 7.14. The third kappa shape index (κ3) is 3.35. The normalized spacial score (nSPS) is 13.8. The molecule has 0 aliphatic heterocycles. The van der Waals surface area contributed by atoms with Crippen molar-refractivity contribution in [2.75, 3.05) is 27.2 Å². The van der Waals surface area contributed by atoms with Crippen molar-refractivity contribution in [2.45, 2.75) is 0 Å². The number of Topliss-reactive ketones (excluding diaryl/α,β-unsaturated/α-hetero) is 1. The molecule has 26 heavy (non-hydrogen) atoms. The van der Waals surface area contributed by atoms with Crippen molar-refractivity contribution in [1.29, 1.82) is 0 Å². The number of carbonyl (C=O) groups is 2. The molecule has 1 aliphatic rings. The molecule has 0 saturated carbocycles. The van der Waals surface area contributed by atoms with Crippen molar-refractivity contribution in [1.82, 2.24) is 20.2 Å². The summed E-state index contributed by atoms with van der Waals surface area (Å²) in [6.07, 6.45) is 2.00. The monoisotopic (exact) mass is 398 g/mol. The zero-order chi connectivity index (χ0) is 19.0. The zero-order valence-corrected chi connectivity index (χ0v) is 15.3. The molecule has 0 saturated heterocycles. The van der Waals surface area contributed by atoms with E-state index in [4.69, 9.17) is 27.6 Å². The molecular formula is C16H13Cl2FN4O3. The number of halogens is 3. The first kappa shape index (κ1) is 18.5. The maximum atomic E-state index is 13.7. The molecule has 0 unspecified atom stereocenters. The van der Waals surface area contributed by atoms with E-state index in [0.717, 1.165) is 12.3 Å². The molecule has 7 nitrogen and oxygen atoms in total. The largest absolute Gasteiger partial charge is 0.432 e. The molecule has 1 N–H and O–H groups in total. The van der Waals surface area contributed by atoms with E-state index < -0.39 is 17.4 Å². The number of rotatable bonds is 5. The molecule has 2 aromatic rings. The van der Waals surface area contributed by atoms with Gasteiger partial charge in [-0.15, -0.1) is 0 Å². The van der Waals surface area contributed by atoms with Crippen LogP contribution in [0.15, 0.2) is 22.4 Å². The minimum Gasteiger partial charge on any atom is -0.432 e. The van der Waals surface area contributed by atoms with Gasteiger partial charge in [0.15, 0.2) is 11.5 Å². The summed E-state index contributed by atoms with van der Waals surface area (Å²) in [6, 6.07) is 0. The molecule has 0 amide bonds. The highest BCUT2D eigenvalue weighted by atomic mass is 35.5. The lowest BCUT2D eigenvalue weighted by atomic mass is 10.0. The maximum Gasteiger partial charge on any atom is 0.246 e. The van der Waals surface area contributed by atoms with Crippen LogP contribution in [0.25, 0.3) is 11.5 Å². The second-order valence-corrected chi connectivity index (χ2v) is 6.50. The van der Waals surface area contributed by atoms with Crippen molar-refractivity contribution < 1.29 is 18.4 Å². The third-order valence-electron chi connectivity index (χ3n) is 3.60. The van der Waals surface area contributed by atoms with E-state index in [1.165, 1.54) is 0 Å². The van der Waals surface area contributed by atoms with Crippen LogP contribution in [0.5, 0.6) is 0 Å². The lowest BCUT2D eigenvalue weighted by Gasteiger charge is -2.14. The highest BCUT2D eigenvalue weighted by molar-refractivity contribution is 6.38. The number of carbonyl (C=O) groups excluding carboxylic acids is 2. The number of ketones is 2. The van der Waals surface area contributed by atoms with Crippen molar-refractivity contribution in [3.05, 3.63) is 45.4 Å². The number of nitrogens with one attached hydrogen (secondary N) is 1. The molecule has 0 atom stereocenters. The highest BCUT2D eigenvalue weighted by Crippen LogP contribution is 2.36. The van der Waals surface area contributed by atoms with Crippen molar-refractivity contribution in [3.63, 3.8) is 0 Å². The molecule has 136 valence electrons. The van der Waals surface area contributed by atoms with Crippen LogP contribution in [-0.2, 0) is 0 Å². The van der Waals surface area contributed by atoms with Gasteiger partial charge in [-0.1, -0.05) is 23.2 Å². The van der Waals surface area contributed by atoms with E-state index in [-0.39, 0.29) is 38.8 Å². The minimum absolute atomic E-state index is 0.0987. The minimum atomic E-state index is -0.830. The average Bonchev–Trinajstić information content (AvgIpc) is 3.01. The molecule has 2 heterocycles. The summed E-state index contributed by atoms with van der Waals surface area (Å²) in [5.74, 6) is -2.38. The summed E-state index contributed by atoms with van der Waals surface area (Å²) in [6.45, 7) is 1.12. The fraction of sp³-hybridized carbons (Fsp3) is 0.250. The highest BCUT2D eigenvalue weighted by Gasteiger charge is 2.33. The lowest BCUT2D eigenvalue weighted by Crippen LogP contribution is -2.31. The molecule has 2 aromatic heterocycles. The number of pyridine rings is 1. The van der Waals surface area contributed by atoms with Gasteiger partial charge in [0, 0.05) is 19.2 Å². The maximum absolute atomic E-state index is 13.7. The lowest BCUT2D eigenvalue weighted by molar-refractivity contribution is 0.0956. The molecular weight excluding hydrogens is 386 g/mol. The Morgan fingerprint density at radius 2 is 2.04 bits per heavy atom. The molecule has 10 heteroatoms. The van der Waals surface area contributed by atoms with Gasteiger partial charge >= 0.3 is 0 Å². The van der Waals surface area contributed by atoms with Crippen LogP contribution in [0, 0.1) is 5.82 Å². The predicted octanol–water partition coefficient (Wildman–Crippen LogP) is 2.60. The van der Waals surface area contributed by atoms with E-state index in [9.17, 15) is 14.0 Å². The number of nitrogens with zero attached hydrogens (tertiary/aromatic N) is 3. The number of aromatic nitrogens is 2. The smallest absolute Gasteiger partial charge is 0.246 e. The summed E-state index contributed by atoms with van der Waals surface area (Å²) in [5, 5.41) is 2.37. The first-order valence-electron chi connectivity index (χ1n) is 7.49. The molecule has 0 spiro atoms. The van der Waals surface area contributed by atoms with Crippen molar-refractivity contribution in [3.8, 4) is 11.5 Å². The summed E-state index contributed by atoms with van der Waals surface area (Å²) in [4.78, 5) is 34.3. The Kier molecular flexibility index (Phi) is 5.08. The van der Waals surface area contributed by atoms with Gasteiger partial charge in [-0.2, -0.15) is 0 Å². The summed E-state index contributed by atoms with van der Waals surface area (Å²) >= 11 is 11.8. The Bertz CT molecular complexity index is 940. The van der Waals surface area contributed by atoms with Crippen LogP contribution < -0.4 is 5.32 Å². The number of hydrogen-bond donors (Lipinski definition) is 1. The van der Waals surface area contributed by atoms with Crippen molar-refractivity contribution in [2.24, 2.45) is 0 Å². The van der Waals surface area contributed by atoms with Crippen LogP contribution in [0.4, 0.5) is 4.39 Å². The van der Waals surface area contributed by atoms with Crippen LogP contribution in [0.1, 0.15) is 21.0 Å². The Labute approximate surface area is 157 Å². The Balaban J connectivity index is 1.95. The van der Waals surface area contributed by atoms with Gasteiger partial charge < -0.3 is 14.6 Å². The number of likely N-dealkylation sites (N-methyl/N-ethyl adjacent to an activating group) is 1. The van der Waals surface area contributed by atoms with E-state index in [1.807, 2.05) is 19.0 Å². The Morgan fingerprint density at radius 1 is 1.31 bits per heavy atom. The quantitative estimate of drug-likeness (QED) is 0.774. The molecule has 0 bridgehead atoms. The fourth-order valence-electron chi connectivity index (χ4n) is 2.31. The average molecular weight is 399 g/mol.